The van der Waals surface area contributed by atoms with Crippen LogP contribution in [0.5, 0.6) is 5.75 Å². The summed E-state index contributed by atoms with van der Waals surface area (Å²) in [6.45, 7) is 0. The van der Waals surface area contributed by atoms with Crippen molar-refractivity contribution >= 4 is 29.1 Å². The minimum atomic E-state index is -2.38. The summed E-state index contributed by atoms with van der Waals surface area (Å²) in [5, 5.41) is 3.52. The van der Waals surface area contributed by atoms with Gasteiger partial charge in [-0.25, -0.2) is 4.79 Å². The lowest BCUT2D eigenvalue weighted by molar-refractivity contribution is 0.0514. The van der Waals surface area contributed by atoms with Gasteiger partial charge in [-0.2, -0.15) is 0 Å². The Morgan fingerprint density at radius 2 is 1.19 bits per heavy atom. The van der Waals surface area contributed by atoms with Crippen LogP contribution in [0.3, 0.4) is 0 Å². The zero-order valence-electron chi connectivity index (χ0n) is 17.1. The Hall–Kier alpha value is -3.42. The number of fused-ring (bicyclic) bond motifs is 1. The number of carbonyl (C=O) groups excluding carboxylic acids is 1. The van der Waals surface area contributed by atoms with Crippen molar-refractivity contribution in [1.29, 1.82) is 0 Å². The first kappa shape index (κ1) is 19.5. The fourth-order valence-electron chi connectivity index (χ4n) is 4.41. The molecule has 0 N–H and O–H groups in total. The lowest BCUT2D eigenvalue weighted by Gasteiger charge is -2.31. The molecule has 0 bridgehead atoms. The van der Waals surface area contributed by atoms with Gasteiger partial charge in [0.2, 0.25) is 5.85 Å². The number of cyclic esters (lactones) is 1. The van der Waals surface area contributed by atoms with Crippen LogP contribution < -0.4 is 20.7 Å². The van der Waals surface area contributed by atoms with Crippen LogP contribution in [0.25, 0.3) is 0 Å². The number of methoxy groups -OCH3 is 1. The number of benzene rings is 4. The van der Waals surface area contributed by atoms with Crippen molar-refractivity contribution in [2.75, 3.05) is 7.11 Å². The second kappa shape index (κ2) is 8.02. The molecular formula is C27H22O3P+. The maximum atomic E-state index is 13.0. The Bertz CT molecular complexity index is 1110. The topological polar surface area (TPSA) is 35.5 Å². The van der Waals surface area contributed by atoms with Gasteiger partial charge in [-0.1, -0.05) is 54.6 Å². The number of hydrogen-bond donors (Lipinski definition) is 0. The van der Waals surface area contributed by atoms with Crippen molar-refractivity contribution in [3.8, 4) is 5.75 Å². The molecule has 1 atom stereocenters. The van der Waals surface area contributed by atoms with E-state index in [4.69, 9.17) is 9.47 Å². The van der Waals surface area contributed by atoms with Crippen LogP contribution in [0.1, 0.15) is 21.8 Å². The predicted octanol–water partition coefficient (Wildman–Crippen LogP) is 4.86. The predicted molar refractivity (Wildman–Crippen MR) is 126 cm³/mol. The summed E-state index contributed by atoms with van der Waals surface area (Å²) in [6.07, 6.45) is 0. The largest absolute Gasteiger partial charge is 0.497 e. The zero-order valence-corrected chi connectivity index (χ0v) is 18.0. The molecule has 4 aromatic rings. The molecule has 0 fully saturated rings. The minimum absolute atomic E-state index is 0.300. The smallest absolute Gasteiger partial charge is 0.342 e. The number of ether oxygens (including phenoxy) is 2. The molecule has 152 valence electrons. The summed E-state index contributed by atoms with van der Waals surface area (Å²) < 4.78 is 11.6. The quantitative estimate of drug-likeness (QED) is 0.339. The molecule has 0 aromatic heterocycles. The van der Waals surface area contributed by atoms with Gasteiger partial charge < -0.3 is 9.47 Å². The van der Waals surface area contributed by atoms with E-state index < -0.39 is 13.1 Å². The molecule has 1 heterocycles. The van der Waals surface area contributed by atoms with Gasteiger partial charge in [-0.15, -0.1) is 0 Å². The van der Waals surface area contributed by atoms with Gasteiger partial charge in [0, 0.05) is 5.56 Å². The second-order valence-corrected chi connectivity index (χ2v) is 10.9. The Morgan fingerprint density at radius 3 is 1.65 bits per heavy atom. The van der Waals surface area contributed by atoms with E-state index in [1.54, 1.807) is 13.2 Å². The zero-order chi connectivity index (χ0) is 21.3. The standard InChI is InChI=1S/C27H22O3P/c1-29-20-17-18-24-25(19-20)26(28)30-27(24)31(21-11-5-2-6-12-21,22-13-7-3-8-14-22)23-15-9-4-10-16-23/h2-19,27H,1H3/q+1. The first-order valence-electron chi connectivity index (χ1n) is 10.2. The van der Waals surface area contributed by atoms with Gasteiger partial charge >= 0.3 is 5.97 Å². The lowest BCUT2D eigenvalue weighted by Crippen LogP contribution is -2.35. The van der Waals surface area contributed by atoms with Crippen LogP contribution in [-0.2, 0) is 4.74 Å². The van der Waals surface area contributed by atoms with Crippen molar-refractivity contribution in [2.24, 2.45) is 0 Å². The molecule has 0 amide bonds. The van der Waals surface area contributed by atoms with E-state index in [9.17, 15) is 4.79 Å². The first-order chi connectivity index (χ1) is 15.2. The Labute approximate surface area is 182 Å². The van der Waals surface area contributed by atoms with Gasteiger partial charge in [-0.3, -0.25) is 0 Å². The molecule has 4 heteroatoms. The third kappa shape index (κ3) is 3.13. The average Bonchev–Trinajstić information content (AvgIpc) is 3.17. The number of esters is 1. The highest BCUT2D eigenvalue weighted by Gasteiger charge is 2.58. The summed E-state index contributed by atoms with van der Waals surface area (Å²) in [5.74, 6) is -0.0569. The van der Waals surface area contributed by atoms with Crippen molar-refractivity contribution in [3.63, 3.8) is 0 Å². The van der Waals surface area contributed by atoms with E-state index in [1.165, 1.54) is 15.9 Å². The molecule has 31 heavy (non-hydrogen) atoms. The molecule has 0 saturated carbocycles. The van der Waals surface area contributed by atoms with E-state index in [2.05, 4.69) is 72.8 Å². The molecule has 0 saturated heterocycles. The van der Waals surface area contributed by atoms with Crippen LogP contribution in [0.15, 0.2) is 109 Å². The van der Waals surface area contributed by atoms with Gasteiger partial charge in [-0.05, 0) is 54.6 Å². The molecule has 1 unspecified atom stereocenters. The average molecular weight is 425 g/mol. The van der Waals surface area contributed by atoms with Crippen molar-refractivity contribution in [3.05, 3.63) is 120 Å². The highest BCUT2D eigenvalue weighted by molar-refractivity contribution is 7.95. The molecule has 0 radical (unpaired) electrons. The molecule has 1 aliphatic heterocycles. The van der Waals surface area contributed by atoms with Crippen LogP contribution >= 0.6 is 7.26 Å². The molecule has 0 spiro atoms. The monoisotopic (exact) mass is 425 g/mol. The number of carbonyl (C=O) groups is 1. The fourth-order valence-corrected chi connectivity index (χ4v) is 8.94. The summed E-state index contributed by atoms with van der Waals surface area (Å²) in [6, 6.07) is 37.0. The summed E-state index contributed by atoms with van der Waals surface area (Å²) in [4.78, 5) is 13.0. The maximum Gasteiger partial charge on any atom is 0.342 e. The SMILES string of the molecule is COc1ccc2c(c1)C(=O)OC2[P+](c1ccccc1)(c1ccccc1)c1ccccc1. The van der Waals surface area contributed by atoms with E-state index in [0.717, 1.165) is 5.56 Å². The maximum absolute atomic E-state index is 13.0. The van der Waals surface area contributed by atoms with Crippen LogP contribution in [0.4, 0.5) is 0 Å². The Balaban J connectivity index is 1.86. The molecule has 5 rings (SSSR count). The molecular weight excluding hydrogens is 403 g/mol. The third-order valence-electron chi connectivity index (χ3n) is 5.81. The van der Waals surface area contributed by atoms with Crippen LogP contribution in [0, 0.1) is 0 Å². The van der Waals surface area contributed by atoms with Crippen molar-refractivity contribution < 1.29 is 14.3 Å². The summed E-state index contributed by atoms with van der Waals surface area (Å²) in [7, 11) is -0.772. The fraction of sp³-hybridized carbons (Fsp3) is 0.0741. The molecule has 1 aliphatic rings. The van der Waals surface area contributed by atoms with E-state index in [-0.39, 0.29) is 5.97 Å². The number of rotatable bonds is 5. The summed E-state index contributed by atoms with van der Waals surface area (Å²) >= 11 is 0. The van der Waals surface area contributed by atoms with E-state index in [1.807, 2.05) is 30.3 Å². The molecule has 4 aromatic carbocycles. The number of hydrogen-bond acceptors (Lipinski definition) is 3. The van der Waals surface area contributed by atoms with Gasteiger partial charge in [0.15, 0.2) is 7.26 Å². The Kier molecular flexibility index (Phi) is 5.05. The van der Waals surface area contributed by atoms with Crippen molar-refractivity contribution in [1.82, 2.24) is 0 Å². The third-order valence-corrected chi connectivity index (χ3v) is 10.2. The van der Waals surface area contributed by atoms with Crippen LogP contribution in [-0.4, -0.2) is 13.1 Å². The first-order valence-corrected chi connectivity index (χ1v) is 12.1. The van der Waals surface area contributed by atoms with E-state index >= 15 is 0 Å². The van der Waals surface area contributed by atoms with Gasteiger partial charge in [0.05, 0.1) is 12.7 Å². The minimum Gasteiger partial charge on any atom is -0.497 e. The Morgan fingerprint density at radius 1 is 0.710 bits per heavy atom. The normalized spacial score (nSPS) is 15.3. The molecule has 3 nitrogen and oxygen atoms in total. The van der Waals surface area contributed by atoms with Gasteiger partial charge in [0.25, 0.3) is 0 Å². The highest BCUT2D eigenvalue weighted by Crippen LogP contribution is 2.69. The van der Waals surface area contributed by atoms with Crippen molar-refractivity contribution in [2.45, 2.75) is 5.85 Å². The van der Waals surface area contributed by atoms with Gasteiger partial charge in [0.1, 0.15) is 21.7 Å². The summed E-state index contributed by atoms with van der Waals surface area (Å²) in [5.41, 5.74) is 1.49. The second-order valence-electron chi connectivity index (χ2n) is 7.44. The highest BCUT2D eigenvalue weighted by atomic mass is 31.2. The molecule has 0 aliphatic carbocycles. The van der Waals surface area contributed by atoms with Crippen LogP contribution in [0.2, 0.25) is 0 Å². The lowest BCUT2D eigenvalue weighted by atomic mass is 10.1. The van der Waals surface area contributed by atoms with E-state index in [0.29, 0.717) is 11.3 Å².